The smallest absolute Gasteiger partial charge is 0.262 e. The molecule has 5 nitrogen and oxygen atoms in total. The molecular formula is C24H29ClN2O3S2. The zero-order valence-corrected chi connectivity index (χ0v) is 20.9. The molecule has 1 N–H and O–H groups in total. The van der Waals surface area contributed by atoms with Crippen molar-refractivity contribution in [3.63, 3.8) is 0 Å². The minimum atomic E-state index is -3.74. The number of likely N-dealkylation sites (N-methyl/N-ethyl adjacent to an activating group) is 1. The number of rotatable bonds is 6. The number of benzene rings is 2. The number of anilines is 1. The Labute approximate surface area is 200 Å². The van der Waals surface area contributed by atoms with Gasteiger partial charge in [-0.15, -0.1) is 23.7 Å². The van der Waals surface area contributed by atoms with E-state index in [9.17, 15) is 8.42 Å². The lowest BCUT2D eigenvalue weighted by Crippen LogP contribution is -2.20. The van der Waals surface area contributed by atoms with Gasteiger partial charge in [0, 0.05) is 18.0 Å². The molecule has 0 radical (unpaired) electrons. The number of nitrogens with zero attached hydrogens (tertiary/aromatic N) is 1. The Bertz CT molecular complexity index is 1140. The van der Waals surface area contributed by atoms with E-state index in [-0.39, 0.29) is 23.4 Å². The van der Waals surface area contributed by atoms with Gasteiger partial charge in [0.05, 0.1) is 16.7 Å². The minimum Gasteiger partial charge on any atom is -0.489 e. The molecule has 1 aromatic heterocycles. The largest absolute Gasteiger partial charge is 0.489 e. The predicted octanol–water partition coefficient (Wildman–Crippen LogP) is 5.46. The highest BCUT2D eigenvalue weighted by atomic mass is 35.5. The van der Waals surface area contributed by atoms with Crippen LogP contribution in [0, 0.1) is 0 Å². The number of thiophene rings is 1. The molecule has 1 aliphatic heterocycles. The van der Waals surface area contributed by atoms with Crippen molar-refractivity contribution in [1.29, 1.82) is 0 Å². The van der Waals surface area contributed by atoms with Gasteiger partial charge in [0.1, 0.15) is 5.75 Å². The summed E-state index contributed by atoms with van der Waals surface area (Å²) in [4.78, 5) is 3.64. The molecule has 8 heteroatoms. The van der Waals surface area contributed by atoms with Crippen LogP contribution >= 0.6 is 23.7 Å². The van der Waals surface area contributed by atoms with Crippen LogP contribution in [0.1, 0.15) is 25.0 Å². The van der Waals surface area contributed by atoms with Crippen LogP contribution in [0.4, 0.5) is 5.69 Å². The summed E-state index contributed by atoms with van der Waals surface area (Å²) in [7, 11) is -1.63. The molecule has 4 rings (SSSR count). The van der Waals surface area contributed by atoms with Crippen LogP contribution in [0.3, 0.4) is 0 Å². The maximum Gasteiger partial charge on any atom is 0.262 e. The average molecular weight is 493 g/mol. The van der Waals surface area contributed by atoms with E-state index in [2.05, 4.69) is 16.7 Å². The summed E-state index contributed by atoms with van der Waals surface area (Å²) in [5, 5.41) is 2.01. The van der Waals surface area contributed by atoms with E-state index >= 15 is 0 Å². The van der Waals surface area contributed by atoms with Gasteiger partial charge in [-0.25, -0.2) is 8.42 Å². The zero-order chi connectivity index (χ0) is 22.0. The highest BCUT2D eigenvalue weighted by molar-refractivity contribution is 7.92. The van der Waals surface area contributed by atoms with Gasteiger partial charge >= 0.3 is 0 Å². The molecule has 0 saturated carbocycles. The lowest BCUT2D eigenvalue weighted by molar-refractivity contribution is 0.243. The molecule has 0 atom stereocenters. The van der Waals surface area contributed by atoms with E-state index < -0.39 is 10.0 Å². The van der Waals surface area contributed by atoms with Gasteiger partial charge < -0.3 is 9.64 Å². The van der Waals surface area contributed by atoms with E-state index in [0.29, 0.717) is 11.4 Å². The van der Waals surface area contributed by atoms with E-state index in [1.54, 1.807) is 23.5 Å². The maximum atomic E-state index is 13.2. The molecule has 2 heterocycles. The monoisotopic (exact) mass is 492 g/mol. The Morgan fingerprint density at radius 2 is 1.69 bits per heavy atom. The lowest BCUT2D eigenvalue weighted by Gasteiger charge is -2.19. The van der Waals surface area contributed by atoms with Crippen molar-refractivity contribution in [3.05, 3.63) is 65.0 Å². The highest BCUT2D eigenvalue weighted by Crippen LogP contribution is 2.33. The Hall–Kier alpha value is -2.06. The fraction of sp³-hybridized carbons (Fsp3) is 0.333. The van der Waals surface area contributed by atoms with Gasteiger partial charge in [-0.3, -0.25) is 4.72 Å². The Morgan fingerprint density at radius 3 is 2.28 bits per heavy atom. The third-order valence-corrected chi connectivity index (χ3v) is 7.71. The van der Waals surface area contributed by atoms with Crippen molar-refractivity contribution in [2.45, 2.75) is 37.7 Å². The van der Waals surface area contributed by atoms with Crippen LogP contribution < -0.4 is 9.46 Å². The number of hydrogen-bond acceptors (Lipinski definition) is 5. The fourth-order valence-corrected chi connectivity index (χ4v) is 5.54. The molecule has 0 unspecified atom stereocenters. The van der Waals surface area contributed by atoms with E-state index in [4.69, 9.17) is 4.74 Å². The molecule has 0 saturated heterocycles. The summed E-state index contributed by atoms with van der Waals surface area (Å²) in [6.07, 6.45) is 1.76. The summed E-state index contributed by atoms with van der Waals surface area (Å²) < 4.78 is 35.1. The molecular weight excluding hydrogens is 464 g/mol. The van der Waals surface area contributed by atoms with Gasteiger partial charge in [-0.2, -0.15) is 0 Å². The van der Waals surface area contributed by atoms with E-state index in [0.717, 1.165) is 36.4 Å². The average Bonchev–Trinajstić information content (AvgIpc) is 3.21. The van der Waals surface area contributed by atoms with Crippen LogP contribution in [0.2, 0.25) is 0 Å². The first-order valence-electron chi connectivity index (χ1n) is 10.5. The van der Waals surface area contributed by atoms with E-state index in [1.165, 1.54) is 11.1 Å². The van der Waals surface area contributed by atoms with Gasteiger partial charge in [-0.1, -0.05) is 18.2 Å². The SMILES string of the molecule is CC(C)Oc1cc2c(cc1NS(=O)(=O)c1ccc(-c3cccs3)cc1)CCN(C)CC2.Cl. The number of halogens is 1. The number of nitrogens with one attached hydrogen (secondary N) is 1. The predicted molar refractivity (Wildman–Crippen MR) is 135 cm³/mol. The van der Waals surface area contributed by atoms with Crippen molar-refractivity contribution in [3.8, 4) is 16.2 Å². The molecule has 32 heavy (non-hydrogen) atoms. The number of hydrogen-bond donors (Lipinski definition) is 1. The third-order valence-electron chi connectivity index (χ3n) is 5.40. The van der Waals surface area contributed by atoms with Crippen LogP contribution in [0.15, 0.2) is 58.8 Å². The van der Waals surface area contributed by atoms with E-state index in [1.807, 2.05) is 55.6 Å². The minimum absolute atomic E-state index is 0. The van der Waals surface area contributed by atoms with Crippen molar-refractivity contribution >= 4 is 39.5 Å². The van der Waals surface area contributed by atoms with Crippen LogP contribution in [0.5, 0.6) is 5.75 Å². The summed E-state index contributed by atoms with van der Waals surface area (Å²) in [6, 6.07) is 15.0. The molecule has 0 fully saturated rings. The third kappa shape index (κ3) is 5.64. The summed E-state index contributed by atoms with van der Waals surface area (Å²) >= 11 is 1.63. The van der Waals surface area contributed by atoms with Crippen LogP contribution in [0.25, 0.3) is 10.4 Å². The molecule has 2 aromatic carbocycles. The zero-order valence-electron chi connectivity index (χ0n) is 18.5. The van der Waals surface area contributed by atoms with Crippen molar-refractivity contribution < 1.29 is 13.2 Å². The first-order chi connectivity index (χ1) is 14.8. The topological polar surface area (TPSA) is 58.6 Å². The standard InChI is InChI=1S/C24H28N2O3S2.ClH/c1-17(2)29-23-16-20-11-13-26(3)12-10-19(20)15-22(23)25-31(27,28)21-8-6-18(7-9-21)24-5-4-14-30-24;/h4-9,14-17,25H,10-13H2,1-3H3;1H. The molecule has 0 amide bonds. The fourth-order valence-electron chi connectivity index (χ4n) is 3.74. The molecule has 0 bridgehead atoms. The second-order valence-electron chi connectivity index (χ2n) is 8.19. The van der Waals surface area contributed by atoms with Crippen LogP contribution in [-0.2, 0) is 22.9 Å². The van der Waals surface area contributed by atoms with Gasteiger partial charge in [0.2, 0.25) is 0 Å². The second kappa shape index (κ2) is 10.3. The summed E-state index contributed by atoms with van der Waals surface area (Å²) in [5.41, 5.74) is 3.90. The van der Waals surface area contributed by atoms with Gasteiger partial charge in [-0.05, 0) is 86.1 Å². The lowest BCUT2D eigenvalue weighted by atomic mass is 10.0. The Kier molecular flexibility index (Phi) is 7.88. The Balaban J connectivity index is 0.00000289. The summed E-state index contributed by atoms with van der Waals surface area (Å²) in [5.74, 6) is 0.581. The van der Waals surface area contributed by atoms with Crippen LogP contribution in [-0.4, -0.2) is 39.6 Å². The van der Waals surface area contributed by atoms with Crippen molar-refractivity contribution in [2.75, 3.05) is 24.9 Å². The first-order valence-corrected chi connectivity index (χ1v) is 12.9. The van der Waals surface area contributed by atoms with Crippen molar-refractivity contribution in [2.24, 2.45) is 0 Å². The number of fused-ring (bicyclic) bond motifs is 1. The molecule has 0 spiro atoms. The molecule has 0 aliphatic carbocycles. The Morgan fingerprint density at radius 1 is 1.03 bits per heavy atom. The maximum absolute atomic E-state index is 13.2. The highest BCUT2D eigenvalue weighted by Gasteiger charge is 2.21. The molecule has 3 aromatic rings. The quantitative estimate of drug-likeness (QED) is 0.496. The number of sulfonamides is 1. The number of ether oxygens (including phenoxy) is 1. The molecule has 1 aliphatic rings. The van der Waals surface area contributed by atoms with Crippen molar-refractivity contribution in [1.82, 2.24) is 4.90 Å². The first kappa shape index (κ1) is 24.6. The second-order valence-corrected chi connectivity index (χ2v) is 10.8. The summed E-state index contributed by atoms with van der Waals surface area (Å²) in [6.45, 7) is 5.82. The normalized spacial score (nSPS) is 14.4. The van der Waals surface area contributed by atoms with Gasteiger partial charge in [0.25, 0.3) is 10.0 Å². The van der Waals surface area contributed by atoms with Gasteiger partial charge in [0.15, 0.2) is 0 Å². The molecule has 172 valence electrons.